The third kappa shape index (κ3) is 4.10. The maximum absolute atomic E-state index is 13.1. The molecule has 1 saturated heterocycles. The van der Waals surface area contributed by atoms with Gasteiger partial charge in [0.15, 0.2) is 11.0 Å². The number of fused-ring (bicyclic) bond motifs is 1. The molecule has 0 saturated carbocycles. The van der Waals surface area contributed by atoms with E-state index in [0.29, 0.717) is 28.4 Å². The number of rotatable bonds is 8. The van der Waals surface area contributed by atoms with Crippen LogP contribution in [0.2, 0.25) is 0 Å². The number of benzene rings is 1. The second-order valence-corrected chi connectivity index (χ2v) is 7.87. The van der Waals surface area contributed by atoms with E-state index in [1.807, 2.05) is 28.9 Å². The SMILES string of the molecule is CCCCn1nnnc1CSc1nc2ccccc2c(=O)n1C[C@H]1CCCO1. The van der Waals surface area contributed by atoms with E-state index in [-0.39, 0.29) is 11.7 Å². The number of ether oxygens (including phenoxy) is 1. The summed E-state index contributed by atoms with van der Waals surface area (Å²) in [6, 6.07) is 7.48. The van der Waals surface area contributed by atoms with Crippen LogP contribution >= 0.6 is 11.8 Å². The van der Waals surface area contributed by atoms with Crippen molar-refractivity contribution < 1.29 is 4.74 Å². The molecular weight excluding hydrogens is 376 g/mol. The van der Waals surface area contributed by atoms with Crippen LogP contribution in [0.3, 0.4) is 0 Å². The van der Waals surface area contributed by atoms with E-state index < -0.39 is 0 Å². The predicted octanol–water partition coefficient (Wildman–Crippen LogP) is 2.65. The van der Waals surface area contributed by atoms with Gasteiger partial charge in [0.05, 0.1) is 29.3 Å². The molecule has 1 atom stereocenters. The quantitative estimate of drug-likeness (QED) is 0.424. The van der Waals surface area contributed by atoms with Gasteiger partial charge in [-0.05, 0) is 41.8 Å². The van der Waals surface area contributed by atoms with Gasteiger partial charge in [0, 0.05) is 13.2 Å². The zero-order chi connectivity index (χ0) is 19.3. The number of tetrazole rings is 1. The van der Waals surface area contributed by atoms with Crippen LogP contribution in [0.1, 0.15) is 38.4 Å². The van der Waals surface area contributed by atoms with Crippen LogP contribution in [0, 0.1) is 0 Å². The highest BCUT2D eigenvalue weighted by atomic mass is 32.2. The molecule has 0 amide bonds. The first kappa shape index (κ1) is 19.1. The molecular formula is C19H24N6O2S. The predicted molar refractivity (Wildman–Crippen MR) is 107 cm³/mol. The molecule has 8 nitrogen and oxygen atoms in total. The monoisotopic (exact) mass is 400 g/mol. The molecule has 3 heterocycles. The maximum Gasteiger partial charge on any atom is 0.262 e. The number of aromatic nitrogens is 6. The molecule has 0 unspecified atom stereocenters. The van der Waals surface area contributed by atoms with Crippen molar-refractivity contribution in [1.29, 1.82) is 0 Å². The molecule has 4 rings (SSSR count). The fourth-order valence-corrected chi connectivity index (χ4v) is 4.29. The van der Waals surface area contributed by atoms with Crippen LogP contribution < -0.4 is 5.56 Å². The summed E-state index contributed by atoms with van der Waals surface area (Å²) < 4.78 is 9.35. The average Bonchev–Trinajstić information content (AvgIpc) is 3.39. The van der Waals surface area contributed by atoms with E-state index >= 15 is 0 Å². The van der Waals surface area contributed by atoms with Crippen LogP contribution in [-0.2, 0) is 23.6 Å². The van der Waals surface area contributed by atoms with Crippen LogP contribution in [0.5, 0.6) is 0 Å². The Morgan fingerprint density at radius 2 is 2.21 bits per heavy atom. The Hall–Kier alpha value is -2.26. The zero-order valence-corrected chi connectivity index (χ0v) is 16.8. The van der Waals surface area contributed by atoms with Crippen LogP contribution in [0.4, 0.5) is 0 Å². The molecule has 1 fully saturated rings. The molecule has 9 heteroatoms. The fourth-order valence-electron chi connectivity index (χ4n) is 3.35. The Labute approximate surface area is 167 Å². The number of hydrogen-bond acceptors (Lipinski definition) is 7. The summed E-state index contributed by atoms with van der Waals surface area (Å²) in [6.45, 7) is 4.23. The van der Waals surface area contributed by atoms with Crippen molar-refractivity contribution in [2.45, 2.75) is 62.7 Å². The Morgan fingerprint density at radius 3 is 3.04 bits per heavy atom. The molecule has 0 bridgehead atoms. The van der Waals surface area contributed by atoms with Crippen LogP contribution in [-0.4, -0.2) is 42.5 Å². The molecule has 1 aliphatic heterocycles. The van der Waals surface area contributed by atoms with Crippen molar-refractivity contribution in [3.8, 4) is 0 Å². The van der Waals surface area contributed by atoms with Crippen LogP contribution in [0.15, 0.2) is 34.2 Å². The summed E-state index contributed by atoms with van der Waals surface area (Å²) >= 11 is 1.50. The summed E-state index contributed by atoms with van der Waals surface area (Å²) in [5, 5.41) is 13.3. The number of hydrogen-bond donors (Lipinski definition) is 0. The molecule has 148 valence electrons. The zero-order valence-electron chi connectivity index (χ0n) is 16.0. The van der Waals surface area contributed by atoms with E-state index in [1.165, 1.54) is 11.8 Å². The lowest BCUT2D eigenvalue weighted by Crippen LogP contribution is -2.28. The van der Waals surface area contributed by atoms with Crippen molar-refractivity contribution >= 4 is 22.7 Å². The van der Waals surface area contributed by atoms with Crippen molar-refractivity contribution in [1.82, 2.24) is 29.8 Å². The molecule has 0 N–H and O–H groups in total. The summed E-state index contributed by atoms with van der Waals surface area (Å²) in [6.07, 6.45) is 4.18. The van der Waals surface area contributed by atoms with E-state index in [2.05, 4.69) is 22.4 Å². The second-order valence-electron chi connectivity index (χ2n) is 6.92. The highest BCUT2D eigenvalue weighted by molar-refractivity contribution is 7.98. The maximum atomic E-state index is 13.1. The molecule has 2 aromatic heterocycles. The fraction of sp³-hybridized carbons (Fsp3) is 0.526. The number of nitrogens with zero attached hydrogens (tertiary/aromatic N) is 6. The molecule has 0 radical (unpaired) electrons. The van der Waals surface area contributed by atoms with Crippen LogP contribution in [0.25, 0.3) is 10.9 Å². The minimum atomic E-state index is -0.0193. The standard InChI is InChI=1S/C19H24N6O2S/c1-2-3-10-25-17(21-22-23-25)13-28-19-20-16-9-5-4-8-15(16)18(26)24(19)12-14-7-6-11-27-14/h4-5,8-9,14H,2-3,6-7,10-13H2,1H3/t14-/m1/s1. The number of unbranched alkanes of at least 4 members (excludes halogenated alkanes) is 1. The minimum Gasteiger partial charge on any atom is -0.376 e. The summed E-state index contributed by atoms with van der Waals surface area (Å²) in [5.41, 5.74) is 0.693. The van der Waals surface area contributed by atoms with Gasteiger partial charge in [-0.1, -0.05) is 37.2 Å². The van der Waals surface area contributed by atoms with Gasteiger partial charge in [-0.3, -0.25) is 9.36 Å². The van der Waals surface area contributed by atoms with Gasteiger partial charge in [0.1, 0.15) is 0 Å². The van der Waals surface area contributed by atoms with Crippen molar-refractivity contribution in [2.24, 2.45) is 0 Å². The van der Waals surface area contributed by atoms with E-state index in [0.717, 1.165) is 44.7 Å². The number of thioether (sulfide) groups is 1. The molecule has 0 aliphatic carbocycles. The lowest BCUT2D eigenvalue weighted by atomic mass is 10.2. The molecule has 1 aromatic carbocycles. The van der Waals surface area contributed by atoms with Gasteiger partial charge in [0.25, 0.3) is 5.56 Å². The largest absolute Gasteiger partial charge is 0.376 e. The van der Waals surface area contributed by atoms with Gasteiger partial charge >= 0.3 is 0 Å². The lowest BCUT2D eigenvalue weighted by molar-refractivity contribution is 0.0937. The highest BCUT2D eigenvalue weighted by Gasteiger charge is 2.20. The van der Waals surface area contributed by atoms with Gasteiger partial charge in [0.2, 0.25) is 0 Å². The van der Waals surface area contributed by atoms with Crippen molar-refractivity contribution in [3.63, 3.8) is 0 Å². The van der Waals surface area contributed by atoms with E-state index in [9.17, 15) is 4.79 Å². The topological polar surface area (TPSA) is 87.7 Å². The first-order valence-electron chi connectivity index (χ1n) is 9.75. The summed E-state index contributed by atoms with van der Waals surface area (Å²) in [5.74, 6) is 1.36. The Balaban J connectivity index is 1.63. The van der Waals surface area contributed by atoms with Crippen molar-refractivity contribution in [3.05, 3.63) is 40.4 Å². The number of aryl methyl sites for hydroxylation is 1. The average molecular weight is 401 g/mol. The first-order chi connectivity index (χ1) is 13.8. The Morgan fingerprint density at radius 1 is 1.32 bits per heavy atom. The third-order valence-electron chi connectivity index (χ3n) is 4.90. The molecule has 1 aliphatic rings. The number of para-hydroxylation sites is 1. The Kier molecular flexibility index (Phi) is 6.01. The van der Waals surface area contributed by atoms with Gasteiger partial charge in [-0.15, -0.1) is 5.10 Å². The first-order valence-corrected chi connectivity index (χ1v) is 10.7. The smallest absolute Gasteiger partial charge is 0.262 e. The van der Waals surface area contributed by atoms with E-state index in [1.54, 1.807) is 4.57 Å². The summed E-state index contributed by atoms with van der Waals surface area (Å²) in [4.78, 5) is 17.9. The van der Waals surface area contributed by atoms with Gasteiger partial charge in [-0.2, -0.15) is 0 Å². The molecule has 3 aromatic rings. The second kappa shape index (κ2) is 8.83. The minimum absolute atomic E-state index is 0.0193. The summed E-state index contributed by atoms with van der Waals surface area (Å²) in [7, 11) is 0. The highest BCUT2D eigenvalue weighted by Crippen LogP contribution is 2.23. The molecule has 28 heavy (non-hydrogen) atoms. The van der Waals surface area contributed by atoms with Gasteiger partial charge in [-0.25, -0.2) is 9.67 Å². The molecule has 0 spiro atoms. The third-order valence-corrected chi connectivity index (χ3v) is 5.87. The van der Waals surface area contributed by atoms with E-state index in [4.69, 9.17) is 9.72 Å². The normalized spacial score (nSPS) is 16.8. The van der Waals surface area contributed by atoms with Gasteiger partial charge < -0.3 is 4.74 Å². The Bertz CT molecular complexity index is 995. The lowest BCUT2D eigenvalue weighted by Gasteiger charge is -2.16. The van der Waals surface area contributed by atoms with Crippen molar-refractivity contribution in [2.75, 3.05) is 6.61 Å².